The fraction of sp³-hybridized carbons (Fsp3) is 0.100. The van der Waals surface area contributed by atoms with Gasteiger partial charge in [0.05, 0.1) is 23.2 Å². The highest BCUT2D eigenvalue weighted by molar-refractivity contribution is 5.62. The Morgan fingerprint density at radius 1 is 0.852 bits per heavy atom. The van der Waals surface area contributed by atoms with E-state index in [1.807, 2.05) is 54.6 Å². The number of rotatable bonds is 8. The SMILES string of the molecule is NN(O)Cc1ccccc1COc1ccc(N(N=O)c2ccccc2)cc1. The maximum absolute atomic E-state index is 11.2. The van der Waals surface area contributed by atoms with Crippen LogP contribution in [0.5, 0.6) is 5.75 Å². The van der Waals surface area contributed by atoms with Gasteiger partial charge in [0.15, 0.2) is 0 Å². The zero-order chi connectivity index (χ0) is 19.1. The van der Waals surface area contributed by atoms with Crippen LogP contribution in [0.3, 0.4) is 0 Å². The molecule has 3 N–H and O–H groups in total. The summed E-state index contributed by atoms with van der Waals surface area (Å²) in [6.45, 7) is 0.535. The summed E-state index contributed by atoms with van der Waals surface area (Å²) in [7, 11) is 0. The van der Waals surface area contributed by atoms with Crippen LogP contribution in [0.4, 0.5) is 11.4 Å². The number of hydrogen-bond acceptors (Lipinski definition) is 6. The summed E-state index contributed by atoms with van der Waals surface area (Å²) in [5, 5.41) is 14.3. The van der Waals surface area contributed by atoms with E-state index in [1.165, 1.54) is 5.01 Å². The number of anilines is 2. The molecular formula is C20H20N4O3. The van der Waals surface area contributed by atoms with Crippen molar-refractivity contribution in [1.82, 2.24) is 5.17 Å². The Balaban J connectivity index is 1.69. The van der Waals surface area contributed by atoms with Crippen molar-refractivity contribution < 1.29 is 9.94 Å². The van der Waals surface area contributed by atoms with Gasteiger partial charge >= 0.3 is 0 Å². The summed E-state index contributed by atoms with van der Waals surface area (Å²) in [4.78, 5) is 11.2. The molecule has 138 valence electrons. The summed E-state index contributed by atoms with van der Waals surface area (Å²) in [5.74, 6) is 5.97. The maximum atomic E-state index is 11.2. The Morgan fingerprint density at radius 3 is 2.07 bits per heavy atom. The maximum Gasteiger partial charge on any atom is 0.119 e. The number of nitroso groups, excluding NO2 is 1. The molecule has 0 aliphatic rings. The largest absolute Gasteiger partial charge is 0.489 e. The second-order valence-electron chi connectivity index (χ2n) is 5.88. The third-order valence-corrected chi connectivity index (χ3v) is 4.01. The summed E-state index contributed by atoms with van der Waals surface area (Å²) < 4.78 is 5.82. The molecular weight excluding hydrogens is 344 g/mol. The smallest absolute Gasteiger partial charge is 0.119 e. The number of hydroxylamine groups is 1. The van der Waals surface area contributed by atoms with Crippen molar-refractivity contribution in [2.45, 2.75) is 13.2 Å². The quantitative estimate of drug-likeness (QED) is 0.354. The van der Waals surface area contributed by atoms with E-state index in [4.69, 9.17) is 10.6 Å². The Morgan fingerprint density at radius 2 is 1.44 bits per heavy atom. The fourth-order valence-corrected chi connectivity index (χ4v) is 2.68. The van der Waals surface area contributed by atoms with Crippen molar-refractivity contribution in [3.8, 4) is 5.75 Å². The van der Waals surface area contributed by atoms with Crippen LogP contribution >= 0.6 is 0 Å². The Hall–Kier alpha value is -3.26. The normalized spacial score (nSPS) is 10.6. The van der Waals surface area contributed by atoms with Crippen molar-refractivity contribution in [3.63, 3.8) is 0 Å². The van der Waals surface area contributed by atoms with Gasteiger partial charge in [0.2, 0.25) is 0 Å². The first kappa shape index (κ1) is 18.5. The molecule has 3 rings (SSSR count). The van der Waals surface area contributed by atoms with Crippen LogP contribution in [0.25, 0.3) is 0 Å². The Labute approximate surface area is 157 Å². The molecule has 0 aliphatic heterocycles. The second-order valence-corrected chi connectivity index (χ2v) is 5.88. The first-order valence-electron chi connectivity index (χ1n) is 8.36. The monoisotopic (exact) mass is 364 g/mol. The predicted molar refractivity (Wildman–Crippen MR) is 103 cm³/mol. The molecule has 7 heteroatoms. The third kappa shape index (κ3) is 4.89. The molecule has 0 radical (unpaired) electrons. The summed E-state index contributed by atoms with van der Waals surface area (Å²) in [6, 6.07) is 23.9. The van der Waals surface area contributed by atoms with Crippen molar-refractivity contribution in [2.75, 3.05) is 5.01 Å². The molecule has 0 bridgehead atoms. The number of nitrogens with zero attached hydrogens (tertiary/aromatic N) is 3. The zero-order valence-electron chi connectivity index (χ0n) is 14.6. The van der Waals surface area contributed by atoms with Gasteiger partial charge in [-0.2, -0.15) is 5.01 Å². The number of hydrazine groups is 1. The lowest BCUT2D eigenvalue weighted by molar-refractivity contribution is -0.102. The van der Waals surface area contributed by atoms with Crippen molar-refractivity contribution in [2.24, 2.45) is 11.1 Å². The average molecular weight is 364 g/mol. The molecule has 0 aliphatic carbocycles. The van der Waals surface area contributed by atoms with Gasteiger partial charge in [-0.05, 0) is 47.5 Å². The number of ether oxygens (including phenoxy) is 1. The first-order valence-corrected chi connectivity index (χ1v) is 8.36. The first-order chi connectivity index (χ1) is 13.2. The van der Waals surface area contributed by atoms with Crippen LogP contribution in [-0.2, 0) is 13.2 Å². The van der Waals surface area contributed by atoms with Gasteiger partial charge in [0.25, 0.3) is 0 Å². The van der Waals surface area contributed by atoms with Crippen molar-refractivity contribution in [3.05, 3.63) is 94.9 Å². The van der Waals surface area contributed by atoms with Crippen LogP contribution in [0.2, 0.25) is 0 Å². The molecule has 0 fully saturated rings. The van der Waals surface area contributed by atoms with Gasteiger partial charge in [-0.15, -0.1) is 10.1 Å². The average Bonchev–Trinajstić information content (AvgIpc) is 2.69. The highest BCUT2D eigenvalue weighted by Crippen LogP contribution is 2.27. The standard InChI is InChI=1S/C20H20N4O3/c21-23(26)14-16-6-4-5-7-17(16)15-27-20-12-10-19(11-13-20)24(22-25)18-8-2-1-3-9-18/h1-13,26H,14-15,21H2. The van der Waals surface area contributed by atoms with Crippen LogP contribution in [0, 0.1) is 4.91 Å². The van der Waals surface area contributed by atoms with Gasteiger partial charge in [-0.1, -0.05) is 42.5 Å². The van der Waals surface area contributed by atoms with E-state index >= 15 is 0 Å². The van der Waals surface area contributed by atoms with Gasteiger partial charge in [0, 0.05) is 0 Å². The highest BCUT2D eigenvalue weighted by Gasteiger charge is 2.10. The fourth-order valence-electron chi connectivity index (χ4n) is 2.68. The molecule has 0 amide bonds. The number of nitrogens with two attached hydrogens (primary N) is 1. The zero-order valence-corrected chi connectivity index (χ0v) is 14.6. The molecule has 0 unspecified atom stereocenters. The highest BCUT2D eigenvalue weighted by atomic mass is 16.5. The molecule has 3 aromatic carbocycles. The lowest BCUT2D eigenvalue weighted by atomic mass is 10.1. The molecule has 27 heavy (non-hydrogen) atoms. The Bertz CT molecular complexity index is 870. The topological polar surface area (TPSA) is 91.4 Å². The lowest BCUT2D eigenvalue weighted by Gasteiger charge is -2.16. The van der Waals surface area contributed by atoms with Crippen molar-refractivity contribution in [1.29, 1.82) is 0 Å². The molecule has 0 atom stereocenters. The van der Waals surface area contributed by atoms with Crippen LogP contribution in [0.15, 0.2) is 84.1 Å². The molecule has 0 aromatic heterocycles. The number of hydrogen-bond donors (Lipinski definition) is 2. The van der Waals surface area contributed by atoms with Crippen molar-refractivity contribution >= 4 is 11.4 Å². The minimum atomic E-state index is 0.204. The van der Waals surface area contributed by atoms with Crippen LogP contribution < -0.4 is 15.6 Å². The van der Waals surface area contributed by atoms with Gasteiger partial charge in [-0.25, -0.2) is 5.84 Å². The van der Waals surface area contributed by atoms with E-state index in [0.717, 1.165) is 11.1 Å². The van der Waals surface area contributed by atoms with Gasteiger partial charge < -0.3 is 4.74 Å². The van der Waals surface area contributed by atoms with Crippen LogP contribution in [0.1, 0.15) is 11.1 Å². The van der Waals surface area contributed by atoms with E-state index in [-0.39, 0.29) is 6.54 Å². The minimum Gasteiger partial charge on any atom is -0.489 e. The summed E-state index contributed by atoms with van der Waals surface area (Å²) >= 11 is 0. The van der Waals surface area contributed by atoms with E-state index in [2.05, 4.69) is 5.29 Å². The van der Waals surface area contributed by atoms with E-state index in [1.54, 1.807) is 24.3 Å². The summed E-state index contributed by atoms with van der Waals surface area (Å²) in [6.07, 6.45) is 0. The predicted octanol–water partition coefficient (Wildman–Crippen LogP) is 4.15. The molecule has 0 saturated carbocycles. The number of para-hydroxylation sites is 1. The van der Waals surface area contributed by atoms with Gasteiger partial charge in [0.1, 0.15) is 12.4 Å². The van der Waals surface area contributed by atoms with E-state index in [9.17, 15) is 10.1 Å². The molecule has 0 heterocycles. The molecule has 0 saturated heterocycles. The minimum absolute atomic E-state index is 0.204. The third-order valence-electron chi connectivity index (χ3n) is 4.01. The second kappa shape index (κ2) is 8.91. The van der Waals surface area contributed by atoms with Crippen LogP contribution in [-0.4, -0.2) is 10.4 Å². The molecule has 0 spiro atoms. The molecule has 7 nitrogen and oxygen atoms in total. The van der Waals surface area contributed by atoms with E-state index < -0.39 is 0 Å². The van der Waals surface area contributed by atoms with E-state index in [0.29, 0.717) is 28.9 Å². The Kier molecular flexibility index (Phi) is 6.11. The summed E-state index contributed by atoms with van der Waals surface area (Å²) in [5.41, 5.74) is 3.12. The molecule has 3 aromatic rings. The van der Waals surface area contributed by atoms with Gasteiger partial charge in [-0.3, -0.25) is 5.21 Å². The lowest BCUT2D eigenvalue weighted by Crippen LogP contribution is -2.26. The number of benzene rings is 3.